The van der Waals surface area contributed by atoms with Gasteiger partial charge < -0.3 is 10.1 Å². The first-order valence-electron chi connectivity index (χ1n) is 7.73. The number of methoxy groups -OCH3 is 1. The molecule has 1 aromatic rings. The second kappa shape index (κ2) is 5.99. The van der Waals surface area contributed by atoms with Crippen molar-refractivity contribution in [3.05, 3.63) is 28.2 Å². The van der Waals surface area contributed by atoms with Crippen LogP contribution in [0.5, 0.6) is 5.75 Å². The fourth-order valence-electron chi connectivity index (χ4n) is 4.15. The molecule has 2 aliphatic rings. The van der Waals surface area contributed by atoms with Gasteiger partial charge in [0.25, 0.3) is 5.91 Å². The second-order valence-electron chi connectivity index (χ2n) is 6.45. The first kappa shape index (κ1) is 14.9. The largest absolute Gasteiger partial charge is 0.496 e. The van der Waals surface area contributed by atoms with Crippen molar-refractivity contribution in [2.24, 2.45) is 17.8 Å². The molecule has 0 aliphatic heterocycles. The van der Waals surface area contributed by atoms with E-state index < -0.39 is 0 Å². The Morgan fingerprint density at radius 2 is 2.19 bits per heavy atom. The Labute approximate surface area is 134 Å². The molecule has 0 saturated heterocycles. The summed E-state index contributed by atoms with van der Waals surface area (Å²) in [7, 11) is 1.60. The minimum Gasteiger partial charge on any atom is -0.496 e. The van der Waals surface area contributed by atoms with Crippen molar-refractivity contribution in [2.75, 3.05) is 7.11 Å². The van der Waals surface area contributed by atoms with E-state index in [1.807, 2.05) is 18.2 Å². The summed E-state index contributed by atoms with van der Waals surface area (Å²) in [5, 5.41) is 3.18. The molecule has 1 N–H and O–H groups in total. The van der Waals surface area contributed by atoms with Gasteiger partial charge in [-0.05, 0) is 62.1 Å². The molecule has 4 heteroatoms. The van der Waals surface area contributed by atoms with Crippen LogP contribution in [-0.2, 0) is 0 Å². The highest BCUT2D eigenvalue weighted by atomic mass is 79.9. The maximum atomic E-state index is 12.5. The molecule has 0 spiro atoms. The minimum absolute atomic E-state index is 0.0328. The van der Waals surface area contributed by atoms with Crippen LogP contribution in [0.3, 0.4) is 0 Å². The molecule has 4 unspecified atom stereocenters. The number of benzene rings is 1. The summed E-state index contributed by atoms with van der Waals surface area (Å²) in [6, 6.07) is 5.75. The van der Waals surface area contributed by atoms with Crippen LogP contribution in [0.15, 0.2) is 22.7 Å². The minimum atomic E-state index is -0.0328. The van der Waals surface area contributed by atoms with Gasteiger partial charge in [-0.15, -0.1) is 0 Å². The van der Waals surface area contributed by atoms with Crippen molar-refractivity contribution in [2.45, 2.75) is 38.6 Å². The van der Waals surface area contributed by atoms with Gasteiger partial charge in [0, 0.05) is 10.5 Å². The Morgan fingerprint density at radius 1 is 1.38 bits per heavy atom. The van der Waals surface area contributed by atoms with E-state index in [9.17, 15) is 4.79 Å². The summed E-state index contributed by atoms with van der Waals surface area (Å²) in [5.41, 5.74) is 0.607. The number of rotatable bonds is 4. The van der Waals surface area contributed by atoms with Gasteiger partial charge in [-0.3, -0.25) is 4.79 Å². The number of nitrogens with one attached hydrogen (secondary N) is 1. The third-order valence-electron chi connectivity index (χ3n) is 5.20. The molecule has 0 radical (unpaired) electrons. The Hall–Kier alpha value is -1.03. The van der Waals surface area contributed by atoms with E-state index in [0.717, 1.165) is 16.3 Å². The molecule has 2 aliphatic carbocycles. The molecule has 2 bridgehead atoms. The average molecular weight is 352 g/mol. The first-order chi connectivity index (χ1) is 10.1. The smallest absolute Gasteiger partial charge is 0.255 e. The summed E-state index contributed by atoms with van der Waals surface area (Å²) in [5.74, 6) is 2.95. The highest BCUT2D eigenvalue weighted by Gasteiger charge is 2.42. The lowest BCUT2D eigenvalue weighted by Crippen LogP contribution is -2.40. The molecule has 3 rings (SSSR count). The summed E-state index contributed by atoms with van der Waals surface area (Å²) in [6.07, 6.45) is 5.38. The Bertz CT molecular complexity index is 546. The van der Waals surface area contributed by atoms with E-state index in [-0.39, 0.29) is 11.9 Å². The van der Waals surface area contributed by atoms with Crippen molar-refractivity contribution < 1.29 is 9.53 Å². The molecule has 2 saturated carbocycles. The molecule has 1 aromatic carbocycles. The van der Waals surface area contributed by atoms with Crippen LogP contribution in [0, 0.1) is 17.8 Å². The second-order valence-corrected chi connectivity index (χ2v) is 7.36. The zero-order valence-corrected chi connectivity index (χ0v) is 14.2. The maximum Gasteiger partial charge on any atom is 0.255 e. The fraction of sp³-hybridized carbons (Fsp3) is 0.588. The first-order valence-corrected chi connectivity index (χ1v) is 8.52. The monoisotopic (exact) mass is 351 g/mol. The topological polar surface area (TPSA) is 38.3 Å². The number of hydrogen-bond donors (Lipinski definition) is 1. The average Bonchev–Trinajstić information content (AvgIpc) is 3.09. The molecule has 3 nitrogen and oxygen atoms in total. The predicted octanol–water partition coefficient (Wildman–Crippen LogP) is 4.01. The third kappa shape index (κ3) is 2.96. The van der Waals surface area contributed by atoms with Crippen molar-refractivity contribution in [3.63, 3.8) is 0 Å². The summed E-state index contributed by atoms with van der Waals surface area (Å²) >= 11 is 3.40. The Kier molecular flexibility index (Phi) is 4.25. The predicted molar refractivity (Wildman–Crippen MR) is 86.6 cm³/mol. The molecular formula is C17H22BrNO2. The number of carbonyl (C=O) groups excluding carboxylic acids is 1. The van der Waals surface area contributed by atoms with Crippen molar-refractivity contribution in [3.8, 4) is 5.75 Å². The Morgan fingerprint density at radius 3 is 2.81 bits per heavy atom. The van der Waals surface area contributed by atoms with Crippen LogP contribution in [0.4, 0.5) is 0 Å². The van der Waals surface area contributed by atoms with Crippen LogP contribution in [0.1, 0.15) is 43.0 Å². The number of amides is 1. The molecule has 2 fully saturated rings. The molecule has 1 amide bonds. The van der Waals surface area contributed by atoms with Gasteiger partial charge in [0.05, 0.1) is 12.7 Å². The number of halogens is 1. The van der Waals surface area contributed by atoms with Gasteiger partial charge in [-0.1, -0.05) is 22.4 Å². The van der Waals surface area contributed by atoms with Gasteiger partial charge in [0.2, 0.25) is 0 Å². The van der Waals surface area contributed by atoms with Crippen LogP contribution >= 0.6 is 15.9 Å². The normalized spacial score (nSPS) is 28.4. The van der Waals surface area contributed by atoms with E-state index in [1.165, 1.54) is 25.7 Å². The lowest BCUT2D eigenvalue weighted by molar-refractivity contribution is 0.0912. The molecular weight excluding hydrogens is 330 g/mol. The van der Waals surface area contributed by atoms with Crippen LogP contribution in [0.2, 0.25) is 0 Å². The van der Waals surface area contributed by atoms with Crippen molar-refractivity contribution >= 4 is 21.8 Å². The number of hydrogen-bond acceptors (Lipinski definition) is 2. The standard InChI is InChI=1S/C17H22BrNO2/c1-10(15-8-11-3-4-12(15)7-11)19-17(20)14-6-5-13(18)9-16(14)21-2/h5-6,9-12,15H,3-4,7-8H2,1-2H3,(H,19,20). The van der Waals surface area contributed by atoms with Gasteiger partial charge in [-0.2, -0.15) is 0 Å². The molecule has 0 aromatic heterocycles. The van der Waals surface area contributed by atoms with Crippen LogP contribution in [-0.4, -0.2) is 19.1 Å². The fourth-order valence-corrected chi connectivity index (χ4v) is 4.49. The van der Waals surface area contributed by atoms with Crippen LogP contribution < -0.4 is 10.1 Å². The maximum absolute atomic E-state index is 12.5. The molecule has 0 heterocycles. The zero-order chi connectivity index (χ0) is 15.0. The SMILES string of the molecule is COc1cc(Br)ccc1C(=O)NC(C)C1CC2CCC1C2. The molecule has 4 atom stereocenters. The summed E-state index contributed by atoms with van der Waals surface area (Å²) in [4.78, 5) is 12.5. The van der Waals surface area contributed by atoms with Gasteiger partial charge >= 0.3 is 0 Å². The third-order valence-corrected chi connectivity index (χ3v) is 5.70. The van der Waals surface area contributed by atoms with Gasteiger partial charge in [0.1, 0.15) is 5.75 Å². The van der Waals surface area contributed by atoms with E-state index in [4.69, 9.17) is 4.74 Å². The highest BCUT2D eigenvalue weighted by molar-refractivity contribution is 9.10. The highest BCUT2D eigenvalue weighted by Crippen LogP contribution is 2.49. The van der Waals surface area contributed by atoms with Crippen LogP contribution in [0.25, 0.3) is 0 Å². The van der Waals surface area contributed by atoms with Gasteiger partial charge in [-0.25, -0.2) is 0 Å². The zero-order valence-electron chi connectivity index (χ0n) is 12.6. The summed E-state index contributed by atoms with van der Waals surface area (Å²) < 4.78 is 6.23. The lowest BCUT2D eigenvalue weighted by atomic mass is 9.84. The summed E-state index contributed by atoms with van der Waals surface area (Å²) in [6.45, 7) is 2.15. The number of ether oxygens (including phenoxy) is 1. The van der Waals surface area contributed by atoms with E-state index >= 15 is 0 Å². The number of carbonyl (C=O) groups is 1. The van der Waals surface area contributed by atoms with E-state index in [0.29, 0.717) is 17.2 Å². The van der Waals surface area contributed by atoms with E-state index in [2.05, 4.69) is 28.2 Å². The molecule has 114 valence electrons. The van der Waals surface area contributed by atoms with Crippen molar-refractivity contribution in [1.82, 2.24) is 5.32 Å². The lowest BCUT2D eigenvalue weighted by Gasteiger charge is -2.28. The van der Waals surface area contributed by atoms with Gasteiger partial charge in [0.15, 0.2) is 0 Å². The quantitative estimate of drug-likeness (QED) is 0.889. The molecule has 21 heavy (non-hydrogen) atoms. The number of fused-ring (bicyclic) bond motifs is 2. The Balaban J connectivity index is 1.68. The van der Waals surface area contributed by atoms with Crippen molar-refractivity contribution in [1.29, 1.82) is 0 Å². The van der Waals surface area contributed by atoms with E-state index in [1.54, 1.807) is 7.11 Å².